The van der Waals surface area contributed by atoms with Crippen molar-refractivity contribution in [1.29, 1.82) is 0 Å². The van der Waals surface area contributed by atoms with Gasteiger partial charge in [-0.25, -0.2) is 0 Å². The second-order valence-corrected chi connectivity index (χ2v) is 6.00. The third-order valence-electron chi connectivity index (χ3n) is 2.44. The topological polar surface area (TPSA) is 38.0 Å². The predicted molar refractivity (Wildman–Crippen MR) is 89.8 cm³/mol. The van der Waals surface area contributed by atoms with E-state index in [4.69, 9.17) is 41.2 Å². The van der Waals surface area contributed by atoms with E-state index in [0.29, 0.717) is 20.7 Å². The zero-order chi connectivity index (χ0) is 14.0. The SMILES string of the molecule is NC(=S)c1cc(Br)ccc1Nc1cc(Cl)ccc1Cl. The molecule has 2 rings (SSSR count). The van der Waals surface area contributed by atoms with Crippen molar-refractivity contribution in [3.8, 4) is 0 Å². The molecule has 0 aromatic heterocycles. The van der Waals surface area contributed by atoms with Crippen LogP contribution in [-0.2, 0) is 0 Å². The molecule has 3 N–H and O–H groups in total. The monoisotopic (exact) mass is 374 g/mol. The molecular weight excluding hydrogens is 367 g/mol. The number of halogens is 3. The lowest BCUT2D eigenvalue weighted by Gasteiger charge is -2.13. The third-order valence-corrected chi connectivity index (χ3v) is 3.72. The molecule has 0 fully saturated rings. The van der Waals surface area contributed by atoms with Gasteiger partial charge in [-0.15, -0.1) is 0 Å². The lowest BCUT2D eigenvalue weighted by atomic mass is 10.1. The Balaban J connectivity index is 2.43. The highest BCUT2D eigenvalue weighted by molar-refractivity contribution is 9.10. The fourth-order valence-electron chi connectivity index (χ4n) is 1.57. The van der Waals surface area contributed by atoms with E-state index in [1.807, 2.05) is 18.2 Å². The molecule has 6 heteroatoms. The maximum atomic E-state index is 6.11. The van der Waals surface area contributed by atoms with Crippen molar-refractivity contribution >= 4 is 67.7 Å². The minimum absolute atomic E-state index is 0.307. The van der Waals surface area contributed by atoms with Crippen LogP contribution in [0.4, 0.5) is 11.4 Å². The standard InChI is InChI=1S/C13H9BrCl2N2S/c14-7-1-4-11(9(5-7)13(17)19)18-12-6-8(15)2-3-10(12)16/h1-6,18H,(H2,17,19). The quantitative estimate of drug-likeness (QED) is 0.730. The van der Waals surface area contributed by atoms with Crippen LogP contribution in [0.1, 0.15) is 5.56 Å². The van der Waals surface area contributed by atoms with Gasteiger partial charge in [0.05, 0.1) is 10.7 Å². The van der Waals surface area contributed by atoms with Gasteiger partial charge < -0.3 is 11.1 Å². The summed E-state index contributed by atoms with van der Waals surface area (Å²) >= 11 is 20.5. The molecule has 0 aliphatic rings. The Bertz CT molecular complexity index is 647. The Hall–Kier alpha value is -0.810. The summed E-state index contributed by atoms with van der Waals surface area (Å²) in [5.41, 5.74) is 7.93. The normalized spacial score (nSPS) is 10.3. The van der Waals surface area contributed by atoms with Crippen LogP contribution in [0.25, 0.3) is 0 Å². The van der Waals surface area contributed by atoms with Crippen LogP contribution in [0.5, 0.6) is 0 Å². The summed E-state index contributed by atoms with van der Waals surface area (Å²) in [7, 11) is 0. The predicted octanol–water partition coefficient (Wildman–Crippen LogP) is 5.13. The van der Waals surface area contributed by atoms with Gasteiger partial charge in [-0.2, -0.15) is 0 Å². The Kier molecular flexibility index (Phi) is 4.68. The van der Waals surface area contributed by atoms with Gasteiger partial charge in [-0.1, -0.05) is 51.3 Å². The smallest absolute Gasteiger partial charge is 0.106 e. The van der Waals surface area contributed by atoms with E-state index >= 15 is 0 Å². The van der Waals surface area contributed by atoms with Gasteiger partial charge in [0.2, 0.25) is 0 Å². The molecule has 0 aliphatic heterocycles. The number of thiocarbonyl (C=S) groups is 1. The van der Waals surface area contributed by atoms with Crippen LogP contribution in [0, 0.1) is 0 Å². The Morgan fingerprint density at radius 2 is 1.84 bits per heavy atom. The van der Waals surface area contributed by atoms with Crippen LogP contribution in [0.2, 0.25) is 10.0 Å². The molecule has 0 saturated carbocycles. The maximum Gasteiger partial charge on any atom is 0.106 e. The highest BCUT2D eigenvalue weighted by atomic mass is 79.9. The van der Waals surface area contributed by atoms with Crippen LogP contribution in [-0.4, -0.2) is 4.99 Å². The van der Waals surface area contributed by atoms with Crippen molar-refractivity contribution in [2.24, 2.45) is 5.73 Å². The molecule has 0 spiro atoms. The first-order valence-corrected chi connectivity index (χ1v) is 7.24. The van der Waals surface area contributed by atoms with Crippen LogP contribution in [0.15, 0.2) is 40.9 Å². The fourth-order valence-corrected chi connectivity index (χ4v) is 2.43. The van der Waals surface area contributed by atoms with E-state index in [2.05, 4.69) is 21.2 Å². The zero-order valence-corrected chi connectivity index (χ0v) is 13.5. The van der Waals surface area contributed by atoms with Crippen molar-refractivity contribution in [2.75, 3.05) is 5.32 Å². The molecule has 2 aromatic rings. The van der Waals surface area contributed by atoms with E-state index in [0.717, 1.165) is 15.7 Å². The number of hydrogen-bond acceptors (Lipinski definition) is 2. The molecule has 0 unspecified atom stereocenters. The summed E-state index contributed by atoms with van der Waals surface area (Å²) in [5.74, 6) is 0. The first kappa shape index (κ1) is 14.6. The summed E-state index contributed by atoms with van der Waals surface area (Å²) in [6.07, 6.45) is 0. The van der Waals surface area contributed by atoms with E-state index in [-0.39, 0.29) is 0 Å². The fraction of sp³-hybridized carbons (Fsp3) is 0. The van der Waals surface area contributed by atoms with Gasteiger partial charge in [0.15, 0.2) is 0 Å². The Morgan fingerprint density at radius 1 is 1.11 bits per heavy atom. The molecule has 0 radical (unpaired) electrons. The molecule has 0 heterocycles. The molecular formula is C13H9BrCl2N2S. The first-order chi connectivity index (χ1) is 8.97. The van der Waals surface area contributed by atoms with Gasteiger partial charge >= 0.3 is 0 Å². The zero-order valence-electron chi connectivity index (χ0n) is 9.58. The van der Waals surface area contributed by atoms with E-state index in [1.54, 1.807) is 18.2 Å². The lowest BCUT2D eigenvalue weighted by molar-refractivity contribution is 1.51. The number of hydrogen-bond donors (Lipinski definition) is 2. The van der Waals surface area contributed by atoms with Gasteiger partial charge in [0.25, 0.3) is 0 Å². The van der Waals surface area contributed by atoms with Crippen molar-refractivity contribution < 1.29 is 0 Å². The minimum atomic E-state index is 0.307. The van der Waals surface area contributed by atoms with E-state index in [9.17, 15) is 0 Å². The molecule has 0 saturated heterocycles. The van der Waals surface area contributed by atoms with Crippen molar-refractivity contribution in [2.45, 2.75) is 0 Å². The number of benzene rings is 2. The summed E-state index contributed by atoms with van der Waals surface area (Å²) in [6, 6.07) is 10.8. The number of rotatable bonds is 3. The molecule has 0 bridgehead atoms. The number of nitrogens with one attached hydrogen (secondary N) is 1. The summed E-state index contributed by atoms with van der Waals surface area (Å²) < 4.78 is 0.901. The van der Waals surface area contributed by atoms with Crippen molar-refractivity contribution in [1.82, 2.24) is 0 Å². The molecule has 2 nitrogen and oxygen atoms in total. The highest BCUT2D eigenvalue weighted by Crippen LogP contribution is 2.30. The van der Waals surface area contributed by atoms with Crippen molar-refractivity contribution in [3.05, 3.63) is 56.5 Å². The summed E-state index contributed by atoms with van der Waals surface area (Å²) in [4.78, 5) is 0.307. The first-order valence-electron chi connectivity index (χ1n) is 5.29. The molecule has 19 heavy (non-hydrogen) atoms. The largest absolute Gasteiger partial charge is 0.389 e. The third kappa shape index (κ3) is 3.60. The van der Waals surface area contributed by atoms with Gasteiger partial charge in [-0.05, 0) is 36.4 Å². The van der Waals surface area contributed by atoms with E-state index < -0.39 is 0 Å². The molecule has 98 valence electrons. The molecule has 0 atom stereocenters. The Morgan fingerprint density at radius 3 is 2.53 bits per heavy atom. The Labute approximate surface area is 135 Å². The average molecular weight is 376 g/mol. The van der Waals surface area contributed by atoms with Crippen LogP contribution in [0.3, 0.4) is 0 Å². The van der Waals surface area contributed by atoms with Gasteiger partial charge in [0.1, 0.15) is 4.99 Å². The second-order valence-electron chi connectivity index (χ2n) is 3.80. The van der Waals surface area contributed by atoms with Crippen molar-refractivity contribution in [3.63, 3.8) is 0 Å². The highest BCUT2D eigenvalue weighted by Gasteiger charge is 2.08. The molecule has 2 aromatic carbocycles. The second kappa shape index (κ2) is 6.09. The van der Waals surface area contributed by atoms with Gasteiger partial charge in [-0.3, -0.25) is 0 Å². The maximum absolute atomic E-state index is 6.11. The summed E-state index contributed by atoms with van der Waals surface area (Å²) in [6.45, 7) is 0. The lowest BCUT2D eigenvalue weighted by Crippen LogP contribution is -2.12. The number of nitrogens with two attached hydrogens (primary N) is 1. The van der Waals surface area contributed by atoms with Crippen LogP contribution < -0.4 is 11.1 Å². The molecule has 0 amide bonds. The number of anilines is 2. The van der Waals surface area contributed by atoms with E-state index in [1.165, 1.54) is 0 Å². The molecule has 0 aliphatic carbocycles. The van der Waals surface area contributed by atoms with Crippen LogP contribution >= 0.6 is 51.3 Å². The average Bonchev–Trinajstić information content (AvgIpc) is 2.35. The van der Waals surface area contributed by atoms with Gasteiger partial charge in [0, 0.05) is 20.7 Å². The summed E-state index contributed by atoms with van der Waals surface area (Å²) in [5, 5.41) is 4.35. The minimum Gasteiger partial charge on any atom is -0.389 e.